The molecule has 2 unspecified atom stereocenters. The van der Waals surface area contributed by atoms with Crippen molar-refractivity contribution in [3.8, 4) is 0 Å². The van der Waals surface area contributed by atoms with Gasteiger partial charge in [0, 0.05) is 31.0 Å². The van der Waals surface area contributed by atoms with Gasteiger partial charge in [0.05, 0.1) is 0 Å². The minimum Gasteiger partial charge on any atom is -0.339 e. The van der Waals surface area contributed by atoms with Crippen LogP contribution >= 0.6 is 0 Å². The van der Waals surface area contributed by atoms with Crippen LogP contribution < -0.4 is 5.32 Å². The number of amides is 2. The van der Waals surface area contributed by atoms with E-state index in [1.165, 1.54) is 12.1 Å². The van der Waals surface area contributed by atoms with Crippen LogP contribution in [0, 0.1) is 12.7 Å². The molecule has 1 aliphatic carbocycles. The standard InChI is InChI=1S/C18H21FN4O2/c1-11-20-17(25-22-11)13-6-8-23(9-7-13)18(24)21-16-10-15(16)12-2-4-14(19)5-3-12/h2-5,13,15-16H,6-10H2,1H3,(H,21,24). The van der Waals surface area contributed by atoms with Crippen LogP contribution in [0.5, 0.6) is 0 Å². The lowest BCUT2D eigenvalue weighted by Crippen LogP contribution is -2.45. The number of aromatic nitrogens is 2. The number of rotatable bonds is 3. The van der Waals surface area contributed by atoms with E-state index in [1.54, 1.807) is 12.1 Å². The van der Waals surface area contributed by atoms with E-state index in [-0.39, 0.29) is 23.8 Å². The monoisotopic (exact) mass is 344 g/mol. The topological polar surface area (TPSA) is 71.3 Å². The number of carbonyl (C=O) groups excluding carboxylic acids is 1. The molecule has 25 heavy (non-hydrogen) atoms. The number of piperidine rings is 1. The van der Waals surface area contributed by atoms with Crippen molar-refractivity contribution in [2.75, 3.05) is 13.1 Å². The lowest BCUT2D eigenvalue weighted by molar-refractivity contribution is 0.174. The lowest BCUT2D eigenvalue weighted by Gasteiger charge is -2.30. The van der Waals surface area contributed by atoms with E-state index in [1.807, 2.05) is 11.8 Å². The van der Waals surface area contributed by atoms with Crippen molar-refractivity contribution >= 4 is 6.03 Å². The van der Waals surface area contributed by atoms with Gasteiger partial charge in [0.15, 0.2) is 5.82 Å². The Hall–Kier alpha value is -2.44. The number of likely N-dealkylation sites (tertiary alicyclic amines) is 1. The van der Waals surface area contributed by atoms with Gasteiger partial charge in [-0.05, 0) is 43.9 Å². The molecule has 1 aromatic heterocycles. The average molecular weight is 344 g/mol. The van der Waals surface area contributed by atoms with Crippen molar-refractivity contribution in [1.29, 1.82) is 0 Å². The van der Waals surface area contributed by atoms with Crippen LogP contribution in [0.1, 0.15) is 48.4 Å². The zero-order valence-corrected chi connectivity index (χ0v) is 14.1. The molecule has 1 aromatic carbocycles. The molecule has 1 saturated carbocycles. The van der Waals surface area contributed by atoms with E-state index in [0.29, 0.717) is 30.7 Å². The van der Waals surface area contributed by atoms with E-state index in [9.17, 15) is 9.18 Å². The Morgan fingerprint density at radius 1 is 1.28 bits per heavy atom. The molecule has 2 fully saturated rings. The number of halogens is 1. The second kappa shape index (κ2) is 6.46. The van der Waals surface area contributed by atoms with Gasteiger partial charge in [-0.1, -0.05) is 17.3 Å². The zero-order chi connectivity index (χ0) is 17.4. The fourth-order valence-electron chi connectivity index (χ4n) is 3.49. The van der Waals surface area contributed by atoms with Crippen molar-refractivity contribution in [3.05, 3.63) is 47.4 Å². The Kier molecular flexibility index (Phi) is 4.15. The van der Waals surface area contributed by atoms with Crippen molar-refractivity contribution < 1.29 is 13.7 Å². The average Bonchev–Trinajstić information content (AvgIpc) is 3.24. The molecule has 0 spiro atoms. The summed E-state index contributed by atoms with van der Waals surface area (Å²) in [5.74, 6) is 1.62. The van der Waals surface area contributed by atoms with Gasteiger partial charge < -0.3 is 14.7 Å². The number of benzene rings is 1. The van der Waals surface area contributed by atoms with E-state index in [4.69, 9.17) is 4.52 Å². The number of nitrogens with one attached hydrogen (secondary N) is 1. The van der Waals surface area contributed by atoms with Crippen LogP contribution in [0.25, 0.3) is 0 Å². The summed E-state index contributed by atoms with van der Waals surface area (Å²) in [6.07, 6.45) is 2.58. The third-order valence-corrected chi connectivity index (χ3v) is 5.07. The molecule has 4 rings (SSSR count). The molecular formula is C18H21FN4O2. The van der Waals surface area contributed by atoms with Gasteiger partial charge in [0.25, 0.3) is 0 Å². The minimum atomic E-state index is -0.232. The lowest BCUT2D eigenvalue weighted by atomic mass is 9.97. The SMILES string of the molecule is Cc1noc(C2CCN(C(=O)NC3CC3c3ccc(F)cc3)CC2)n1. The fraction of sp³-hybridized carbons (Fsp3) is 0.500. The summed E-state index contributed by atoms with van der Waals surface area (Å²) in [4.78, 5) is 18.6. The molecule has 2 heterocycles. The summed E-state index contributed by atoms with van der Waals surface area (Å²) in [5.41, 5.74) is 1.08. The van der Waals surface area contributed by atoms with Crippen molar-refractivity contribution in [2.45, 2.75) is 44.1 Å². The number of aryl methyl sites for hydroxylation is 1. The highest BCUT2D eigenvalue weighted by Gasteiger charge is 2.40. The van der Waals surface area contributed by atoms with Crippen LogP contribution in [-0.2, 0) is 0 Å². The molecule has 132 valence electrons. The number of hydrogen-bond donors (Lipinski definition) is 1. The van der Waals surface area contributed by atoms with Crippen molar-refractivity contribution in [2.24, 2.45) is 0 Å². The maximum absolute atomic E-state index is 13.0. The van der Waals surface area contributed by atoms with Gasteiger partial charge in [0.2, 0.25) is 5.89 Å². The predicted molar refractivity (Wildman–Crippen MR) is 88.7 cm³/mol. The Bertz CT molecular complexity index is 753. The number of urea groups is 1. The Morgan fingerprint density at radius 3 is 2.64 bits per heavy atom. The summed E-state index contributed by atoms with van der Waals surface area (Å²) in [6, 6.07) is 6.66. The smallest absolute Gasteiger partial charge is 0.317 e. The quantitative estimate of drug-likeness (QED) is 0.929. The van der Waals surface area contributed by atoms with E-state index in [2.05, 4.69) is 15.5 Å². The second-order valence-electron chi connectivity index (χ2n) is 6.89. The molecule has 2 atom stereocenters. The molecule has 1 aliphatic heterocycles. The molecule has 0 bridgehead atoms. The molecule has 2 aliphatic rings. The molecule has 1 N–H and O–H groups in total. The molecule has 6 nitrogen and oxygen atoms in total. The highest BCUT2D eigenvalue weighted by Crippen LogP contribution is 2.41. The Morgan fingerprint density at radius 2 is 2.00 bits per heavy atom. The largest absolute Gasteiger partial charge is 0.339 e. The molecule has 2 aromatic rings. The second-order valence-corrected chi connectivity index (χ2v) is 6.89. The van der Waals surface area contributed by atoms with Gasteiger partial charge in [0.1, 0.15) is 5.82 Å². The fourth-order valence-corrected chi connectivity index (χ4v) is 3.49. The van der Waals surface area contributed by atoms with Gasteiger partial charge >= 0.3 is 6.03 Å². The van der Waals surface area contributed by atoms with Crippen molar-refractivity contribution in [1.82, 2.24) is 20.4 Å². The maximum atomic E-state index is 13.0. The normalized spacial score (nSPS) is 23.5. The van der Waals surface area contributed by atoms with Gasteiger partial charge in [-0.3, -0.25) is 0 Å². The highest BCUT2D eigenvalue weighted by atomic mass is 19.1. The molecular weight excluding hydrogens is 323 g/mol. The number of hydrogen-bond acceptors (Lipinski definition) is 4. The first-order valence-electron chi connectivity index (χ1n) is 8.71. The molecule has 0 radical (unpaired) electrons. The Balaban J connectivity index is 1.26. The number of nitrogens with zero attached hydrogens (tertiary/aromatic N) is 3. The van der Waals surface area contributed by atoms with E-state index < -0.39 is 0 Å². The van der Waals surface area contributed by atoms with Gasteiger partial charge in [-0.2, -0.15) is 4.98 Å². The van der Waals surface area contributed by atoms with Crippen LogP contribution in [0.4, 0.5) is 9.18 Å². The first kappa shape index (κ1) is 16.1. The van der Waals surface area contributed by atoms with E-state index >= 15 is 0 Å². The summed E-state index contributed by atoms with van der Waals surface area (Å²) < 4.78 is 18.2. The van der Waals surface area contributed by atoms with Crippen molar-refractivity contribution in [3.63, 3.8) is 0 Å². The van der Waals surface area contributed by atoms with Crippen LogP contribution in [0.3, 0.4) is 0 Å². The van der Waals surface area contributed by atoms with Crippen LogP contribution in [0.2, 0.25) is 0 Å². The Labute approximate surface area is 145 Å². The first-order chi connectivity index (χ1) is 12.1. The third-order valence-electron chi connectivity index (χ3n) is 5.07. The predicted octanol–water partition coefficient (Wildman–Crippen LogP) is 2.96. The van der Waals surface area contributed by atoms with Crippen LogP contribution in [0.15, 0.2) is 28.8 Å². The molecule has 2 amide bonds. The maximum Gasteiger partial charge on any atom is 0.317 e. The third kappa shape index (κ3) is 3.50. The zero-order valence-electron chi connectivity index (χ0n) is 14.1. The van der Waals surface area contributed by atoms with Crippen LogP contribution in [-0.4, -0.2) is 40.2 Å². The molecule has 7 heteroatoms. The van der Waals surface area contributed by atoms with E-state index in [0.717, 1.165) is 24.8 Å². The molecule has 1 saturated heterocycles. The number of carbonyl (C=O) groups is 1. The van der Waals surface area contributed by atoms with Gasteiger partial charge in [-0.25, -0.2) is 9.18 Å². The first-order valence-corrected chi connectivity index (χ1v) is 8.71. The minimum absolute atomic E-state index is 0.0187. The summed E-state index contributed by atoms with van der Waals surface area (Å²) in [7, 11) is 0. The summed E-state index contributed by atoms with van der Waals surface area (Å²) >= 11 is 0. The van der Waals surface area contributed by atoms with Gasteiger partial charge in [-0.15, -0.1) is 0 Å². The summed E-state index contributed by atoms with van der Waals surface area (Å²) in [5, 5.41) is 6.92. The highest BCUT2D eigenvalue weighted by molar-refractivity contribution is 5.75. The summed E-state index contributed by atoms with van der Waals surface area (Å²) in [6.45, 7) is 3.18.